The van der Waals surface area contributed by atoms with Gasteiger partial charge in [-0.1, -0.05) is 478 Å². The van der Waals surface area contributed by atoms with E-state index >= 15 is 0 Å². The van der Waals surface area contributed by atoms with E-state index in [1.165, 1.54) is 0 Å². The van der Waals surface area contributed by atoms with E-state index in [0.717, 1.165) is 55.6 Å². The molecule has 0 aliphatic rings. The maximum atomic E-state index is 10.5. The molecule has 150 heavy (non-hydrogen) atoms. The Balaban J connectivity index is -0.000000112. The second kappa shape index (κ2) is 77.2. The number of hydrogen-bond acceptors (Lipinski definition) is 22. The van der Waals surface area contributed by atoms with Crippen LogP contribution in [0.1, 0.15) is 395 Å². The molecule has 10 aromatic carbocycles. The van der Waals surface area contributed by atoms with Gasteiger partial charge in [-0.05, 0) is 165 Å². The molecule has 0 N–H and O–H groups in total. The molecule has 0 aliphatic carbocycles. The van der Waals surface area contributed by atoms with Gasteiger partial charge in [0.2, 0.25) is 0 Å². The molecule has 0 saturated carbocycles. The van der Waals surface area contributed by atoms with Crippen LogP contribution < -0.4 is 61.3 Å². The SMILES string of the molecule is CC(C)(C)c1ccc(C(=O)[O-])cc1.CC(C)(C)c1ccc(C(=O)[O-])cc1.CC(C)(C)c1ccc(C(=O)[O-])cc1.CC(C)(C)c1ccc(C(=O)[O-])cc1.CC(C)(C)c1ccc(C(=O)[O-])cc1.CC(C)(C)c1ccc(C(=O)[O-])cc1.CC(C)(C)c1ccc(C(=O)[O-])cc1.CC(C)(C)c1ccc(C(=O)[O-])cc1.CC(C)(C)c1ccc(C(=O)[O-])cc1.CC(C)(C)c1ccc(C(=O)[O-])cc1.CC(C)[O-].CC(C)[O-].[O-2].[O-2].[O-2].[O-2].[O-2].[O-2].[Ti+4].[Ti+4].[Ti+4].[Ti+4].[Ti+4].[Ti+4]. The fourth-order valence-electron chi connectivity index (χ4n) is 11.1. The molecule has 0 amide bonds. The van der Waals surface area contributed by atoms with E-state index in [-0.39, 0.29) is 273 Å². The van der Waals surface area contributed by atoms with Crippen LogP contribution in [0.25, 0.3) is 0 Å². The van der Waals surface area contributed by atoms with Gasteiger partial charge in [-0.25, -0.2) is 0 Å². The molecule has 0 saturated heterocycles. The van der Waals surface area contributed by atoms with Crippen molar-refractivity contribution in [3.05, 3.63) is 354 Å². The molecule has 10 rings (SSSR count). The molecule has 0 radical (unpaired) electrons. The van der Waals surface area contributed by atoms with Crippen molar-refractivity contribution in [1.82, 2.24) is 0 Å². The molecule has 800 valence electrons. The summed E-state index contributed by atoms with van der Waals surface area (Å²) in [7, 11) is 0. The Morgan fingerprint density at radius 1 is 0.140 bits per heavy atom. The van der Waals surface area contributed by atoms with Gasteiger partial charge in [-0.3, -0.25) is 0 Å². The van der Waals surface area contributed by atoms with Crippen LogP contribution in [-0.2, 0) is 217 Å². The molecule has 10 aromatic rings. The second-order valence-electron chi connectivity index (χ2n) is 43.2. The summed E-state index contributed by atoms with van der Waals surface area (Å²) in [6.07, 6.45) is -0.833. The number of hydrogen-bond donors (Lipinski definition) is 0. The van der Waals surface area contributed by atoms with Gasteiger partial charge in [0.15, 0.2) is 0 Å². The van der Waals surface area contributed by atoms with Crippen LogP contribution in [-0.4, -0.2) is 71.9 Å². The number of benzene rings is 10. The van der Waals surface area contributed by atoms with Crippen LogP contribution in [0, 0.1) is 0 Å². The molecule has 0 aliphatic heterocycles. The third kappa shape index (κ3) is 72.5. The topological polar surface area (TPSA) is 618 Å². The van der Waals surface area contributed by atoms with Gasteiger partial charge >= 0.3 is 130 Å². The second-order valence-corrected chi connectivity index (χ2v) is 43.2. The molecule has 34 heteroatoms. The molecule has 0 unspecified atom stereocenters. The zero-order chi connectivity index (χ0) is 108. The smallest absolute Gasteiger partial charge is 2.00 e. The molecule has 0 heterocycles. The fourth-order valence-corrected chi connectivity index (χ4v) is 11.1. The van der Waals surface area contributed by atoms with E-state index in [4.69, 9.17) is 0 Å². The minimum atomic E-state index is -1.12. The zero-order valence-corrected chi connectivity index (χ0v) is 102. The monoisotopic (exact) mass is 2270 g/mol. The van der Waals surface area contributed by atoms with E-state index in [2.05, 4.69) is 208 Å². The molecule has 0 bridgehead atoms. The molecule has 0 spiro atoms. The predicted molar refractivity (Wildman–Crippen MR) is 529 cm³/mol. The number of rotatable bonds is 10. The summed E-state index contributed by atoms with van der Waals surface area (Å²) in [6.45, 7) is 69.0. The fraction of sp³-hybridized carbons (Fsp3) is 0.397. The van der Waals surface area contributed by atoms with Crippen molar-refractivity contribution >= 4 is 59.7 Å². The summed E-state index contributed by atoms with van der Waals surface area (Å²) in [4.78, 5) is 105. The van der Waals surface area contributed by atoms with Crippen LogP contribution in [0.4, 0.5) is 0 Å². The van der Waals surface area contributed by atoms with Gasteiger partial charge in [0.05, 0.1) is 59.7 Å². The van der Waals surface area contributed by atoms with E-state index in [0.29, 0.717) is 0 Å². The van der Waals surface area contributed by atoms with Crippen molar-refractivity contribution < 1.29 is 272 Å². The third-order valence-corrected chi connectivity index (χ3v) is 19.9. The number of carboxylic acids is 10. The average molecular weight is 2270 g/mol. The first-order valence-corrected chi connectivity index (χ1v) is 45.1. The normalized spacial score (nSPS) is 10.3. The summed E-state index contributed by atoms with van der Waals surface area (Å²) in [6, 6.07) is 68.1. The van der Waals surface area contributed by atoms with Crippen LogP contribution >= 0.6 is 0 Å². The van der Waals surface area contributed by atoms with Crippen LogP contribution in [0.3, 0.4) is 0 Å². The largest absolute Gasteiger partial charge is 4.00 e. The zero-order valence-electron chi connectivity index (χ0n) is 92.7. The summed E-state index contributed by atoms with van der Waals surface area (Å²) in [5.41, 5.74) is 14.1. The number of carbonyl (C=O) groups excluding carboxylic acids is 10. The Kier molecular flexibility index (Phi) is 88.2. The Morgan fingerprint density at radius 3 is 0.207 bits per heavy atom. The van der Waals surface area contributed by atoms with Crippen LogP contribution in [0.2, 0.25) is 0 Å². The summed E-state index contributed by atoms with van der Waals surface area (Å²) in [5.74, 6) is -11.2. The van der Waals surface area contributed by atoms with E-state index in [1.54, 1.807) is 149 Å². The van der Waals surface area contributed by atoms with E-state index in [1.807, 2.05) is 121 Å². The number of carbonyl (C=O) groups is 10. The maximum absolute atomic E-state index is 10.5. The molecule has 0 aromatic heterocycles. The van der Waals surface area contributed by atoms with E-state index in [9.17, 15) is 109 Å². The summed E-state index contributed by atoms with van der Waals surface area (Å²) >= 11 is 0. The van der Waals surface area contributed by atoms with Gasteiger partial charge in [0.25, 0.3) is 0 Å². The van der Waals surface area contributed by atoms with Gasteiger partial charge in [-0.15, -0.1) is 12.2 Å². The maximum Gasteiger partial charge on any atom is 4.00 e. The van der Waals surface area contributed by atoms with Gasteiger partial charge < -0.3 is 142 Å². The number of aromatic carboxylic acids is 10. The summed E-state index contributed by atoms with van der Waals surface area (Å²) in [5, 5.41) is 124. The van der Waals surface area contributed by atoms with Crippen molar-refractivity contribution in [2.24, 2.45) is 0 Å². The van der Waals surface area contributed by atoms with Crippen molar-refractivity contribution in [2.45, 2.75) is 302 Å². The van der Waals surface area contributed by atoms with Gasteiger partial charge in [0, 0.05) is 0 Å². The van der Waals surface area contributed by atoms with Crippen molar-refractivity contribution in [3.63, 3.8) is 0 Å². The third-order valence-electron chi connectivity index (χ3n) is 19.9. The molecular formula is C116H144O28Ti6. The summed E-state index contributed by atoms with van der Waals surface area (Å²) < 4.78 is 0. The standard InChI is InChI=1S/10C11H14O2.2C3H7O.6O.6Ti/c10*1-11(2,3)9-6-4-8(5-7-9)10(12)13;2*1-3(2)4;;;;;;;;;;;;/h10*4-7H,1-3H3,(H,12,13);2*3H,1-2H3;;;;;;;;;;;;/q;;;;;;;;;;2*-1;6*-2;6*+4/p-10. The minimum Gasteiger partial charge on any atom is -2.00 e. The van der Waals surface area contributed by atoms with Crippen molar-refractivity contribution in [2.75, 3.05) is 0 Å². The quantitative estimate of drug-likeness (QED) is 0.115. The number of carboxylic acid groups (broad SMARTS) is 10. The Labute approximate surface area is 979 Å². The first-order chi connectivity index (χ1) is 62.6. The van der Waals surface area contributed by atoms with Crippen molar-refractivity contribution in [1.29, 1.82) is 0 Å². The minimum absolute atomic E-state index is 0. The predicted octanol–water partition coefficient (Wildman–Crippen LogP) is 12.3. The molecular weight excluding hydrogens is 2130 g/mol. The molecule has 28 nitrogen and oxygen atoms in total. The Hall–Kier alpha value is -9.13. The van der Waals surface area contributed by atoms with Gasteiger partial charge in [-0.2, -0.15) is 0 Å². The average Bonchev–Trinajstić information content (AvgIpc) is 0.904. The van der Waals surface area contributed by atoms with Crippen molar-refractivity contribution in [3.8, 4) is 0 Å². The Bertz CT molecular complexity index is 4320. The van der Waals surface area contributed by atoms with Gasteiger partial charge in [0.1, 0.15) is 0 Å². The van der Waals surface area contributed by atoms with E-state index < -0.39 is 71.9 Å². The Morgan fingerprint density at radius 2 is 0.180 bits per heavy atom. The molecule has 0 atom stereocenters. The van der Waals surface area contributed by atoms with Crippen LogP contribution in [0.15, 0.2) is 243 Å². The molecule has 0 fully saturated rings. The first kappa shape index (κ1) is 171. The first-order valence-electron chi connectivity index (χ1n) is 45.1. The van der Waals surface area contributed by atoms with Crippen LogP contribution in [0.5, 0.6) is 0 Å².